The largest absolute Gasteiger partial charge is 0.357 e. The predicted octanol–water partition coefficient (Wildman–Crippen LogP) is 3.39. The zero-order valence-electron chi connectivity index (χ0n) is 16.3. The van der Waals surface area contributed by atoms with Gasteiger partial charge in [0.15, 0.2) is 5.96 Å². The number of aliphatic imine (C=N–C) groups is 1. The number of piperidine rings is 1. The molecule has 2 rings (SSSR count). The molecule has 8 heteroatoms. The molecule has 27 heavy (non-hydrogen) atoms. The minimum absolute atomic E-state index is 0. The van der Waals surface area contributed by atoms with Crippen LogP contribution in [0.1, 0.15) is 38.7 Å². The number of nitro groups is 1. The van der Waals surface area contributed by atoms with Crippen molar-refractivity contribution in [2.24, 2.45) is 10.9 Å². The summed E-state index contributed by atoms with van der Waals surface area (Å²) >= 11 is 0. The zero-order chi connectivity index (χ0) is 18.8. The van der Waals surface area contributed by atoms with Crippen LogP contribution in [-0.4, -0.2) is 48.5 Å². The summed E-state index contributed by atoms with van der Waals surface area (Å²) in [6.45, 7) is 10.1. The topological polar surface area (TPSA) is 82.8 Å². The lowest BCUT2D eigenvalue weighted by atomic mass is 9.99. The van der Waals surface area contributed by atoms with Gasteiger partial charge < -0.3 is 15.5 Å². The number of nitro benzene ring substituents is 1. The molecule has 1 aromatic rings. The molecule has 1 aromatic carbocycles. The number of nitrogens with one attached hydrogen (secondary N) is 2. The van der Waals surface area contributed by atoms with Crippen LogP contribution in [-0.2, 0) is 6.54 Å². The fourth-order valence-corrected chi connectivity index (χ4v) is 3.03. The summed E-state index contributed by atoms with van der Waals surface area (Å²) in [7, 11) is 0. The summed E-state index contributed by atoms with van der Waals surface area (Å²) in [4.78, 5) is 17.4. The van der Waals surface area contributed by atoms with Gasteiger partial charge in [0, 0.05) is 25.2 Å². The second-order valence-electron chi connectivity index (χ2n) is 6.92. The number of rotatable bonds is 8. The molecule has 0 aromatic heterocycles. The third-order valence-corrected chi connectivity index (χ3v) is 4.73. The van der Waals surface area contributed by atoms with E-state index in [2.05, 4.69) is 27.4 Å². The highest BCUT2D eigenvalue weighted by molar-refractivity contribution is 14.0. The Labute approximate surface area is 179 Å². The summed E-state index contributed by atoms with van der Waals surface area (Å²) in [5, 5.41) is 17.3. The molecule has 152 valence electrons. The molecule has 0 atom stereocenters. The molecule has 0 spiro atoms. The van der Waals surface area contributed by atoms with Gasteiger partial charge in [-0.25, -0.2) is 4.99 Å². The normalized spacial score (nSPS) is 15.9. The van der Waals surface area contributed by atoms with E-state index in [1.807, 2.05) is 6.92 Å². The number of non-ortho nitro benzene ring substituents is 1. The van der Waals surface area contributed by atoms with E-state index >= 15 is 0 Å². The third-order valence-electron chi connectivity index (χ3n) is 4.73. The number of halogens is 1. The van der Waals surface area contributed by atoms with Gasteiger partial charge in [-0.1, -0.05) is 19.1 Å². The lowest BCUT2D eigenvalue weighted by molar-refractivity contribution is -0.384. The smallest absolute Gasteiger partial charge is 0.269 e. The number of hydrogen-bond donors (Lipinski definition) is 2. The Morgan fingerprint density at radius 2 is 1.93 bits per heavy atom. The van der Waals surface area contributed by atoms with Gasteiger partial charge in [0.05, 0.1) is 11.5 Å². The maximum absolute atomic E-state index is 10.7. The number of hydrogen-bond acceptors (Lipinski definition) is 4. The Bertz CT molecular complexity index is 586. The van der Waals surface area contributed by atoms with Gasteiger partial charge in [-0.3, -0.25) is 10.1 Å². The molecule has 7 nitrogen and oxygen atoms in total. The predicted molar refractivity (Wildman–Crippen MR) is 121 cm³/mol. The quantitative estimate of drug-likeness (QED) is 0.146. The average molecular weight is 489 g/mol. The first-order valence-corrected chi connectivity index (χ1v) is 9.56. The monoisotopic (exact) mass is 489 g/mol. The maximum Gasteiger partial charge on any atom is 0.269 e. The molecular weight excluding hydrogens is 457 g/mol. The van der Waals surface area contributed by atoms with E-state index in [0.29, 0.717) is 6.54 Å². The van der Waals surface area contributed by atoms with Crippen molar-refractivity contribution >= 4 is 35.6 Å². The molecule has 0 saturated carbocycles. The zero-order valence-corrected chi connectivity index (χ0v) is 18.6. The summed E-state index contributed by atoms with van der Waals surface area (Å²) in [6, 6.07) is 6.54. The molecule has 0 amide bonds. The van der Waals surface area contributed by atoms with Crippen LogP contribution in [0, 0.1) is 16.0 Å². The van der Waals surface area contributed by atoms with Crippen molar-refractivity contribution in [1.82, 2.24) is 15.5 Å². The van der Waals surface area contributed by atoms with Crippen LogP contribution < -0.4 is 10.6 Å². The fraction of sp³-hybridized carbons (Fsp3) is 0.632. The molecule has 1 aliphatic rings. The standard InChI is InChI=1S/C19H31N5O2.HI/c1-3-20-19(21-11-4-12-23-13-9-16(2)10-14-23)22-15-17-5-7-18(8-6-17)24(25)26;/h5-8,16H,3-4,9-15H2,1-2H3,(H2,20,21,22);1H. The minimum atomic E-state index is -0.387. The van der Waals surface area contributed by atoms with Crippen LogP contribution in [0.25, 0.3) is 0 Å². The van der Waals surface area contributed by atoms with E-state index in [-0.39, 0.29) is 34.6 Å². The molecule has 1 aliphatic heterocycles. The number of guanidine groups is 1. The second-order valence-corrected chi connectivity index (χ2v) is 6.92. The van der Waals surface area contributed by atoms with E-state index in [4.69, 9.17) is 0 Å². The lowest BCUT2D eigenvalue weighted by Gasteiger charge is -2.30. The van der Waals surface area contributed by atoms with Crippen LogP contribution in [0.4, 0.5) is 5.69 Å². The first-order chi connectivity index (χ1) is 12.6. The fourth-order valence-electron chi connectivity index (χ4n) is 3.03. The van der Waals surface area contributed by atoms with Gasteiger partial charge in [0.1, 0.15) is 0 Å². The second kappa shape index (κ2) is 12.9. The maximum atomic E-state index is 10.7. The van der Waals surface area contributed by atoms with Gasteiger partial charge in [-0.2, -0.15) is 0 Å². The molecule has 0 radical (unpaired) electrons. The van der Waals surface area contributed by atoms with Crippen molar-refractivity contribution < 1.29 is 4.92 Å². The van der Waals surface area contributed by atoms with Crippen molar-refractivity contribution in [3.63, 3.8) is 0 Å². The molecular formula is C19H32IN5O2. The Kier molecular flexibility index (Phi) is 11.3. The highest BCUT2D eigenvalue weighted by atomic mass is 127. The first-order valence-electron chi connectivity index (χ1n) is 9.56. The summed E-state index contributed by atoms with van der Waals surface area (Å²) in [5.74, 6) is 1.66. The number of benzene rings is 1. The summed E-state index contributed by atoms with van der Waals surface area (Å²) in [5.41, 5.74) is 1.06. The first kappa shape index (κ1) is 23.6. The van der Waals surface area contributed by atoms with Crippen molar-refractivity contribution in [2.45, 2.75) is 39.7 Å². The van der Waals surface area contributed by atoms with Crippen LogP contribution in [0.2, 0.25) is 0 Å². The van der Waals surface area contributed by atoms with Gasteiger partial charge in [-0.05, 0) is 57.3 Å². The minimum Gasteiger partial charge on any atom is -0.357 e. The van der Waals surface area contributed by atoms with Gasteiger partial charge in [-0.15, -0.1) is 24.0 Å². The molecule has 0 unspecified atom stereocenters. The van der Waals surface area contributed by atoms with Crippen LogP contribution >= 0.6 is 24.0 Å². The van der Waals surface area contributed by atoms with Gasteiger partial charge in [0.2, 0.25) is 0 Å². The van der Waals surface area contributed by atoms with Crippen molar-refractivity contribution in [3.8, 4) is 0 Å². The molecule has 1 fully saturated rings. The van der Waals surface area contributed by atoms with Gasteiger partial charge in [0.25, 0.3) is 5.69 Å². The SMILES string of the molecule is CCNC(=NCc1ccc([N+](=O)[O-])cc1)NCCCN1CCC(C)CC1.I. The van der Waals surface area contributed by atoms with Crippen molar-refractivity contribution in [2.75, 3.05) is 32.7 Å². The number of nitrogens with zero attached hydrogens (tertiary/aromatic N) is 3. The van der Waals surface area contributed by atoms with E-state index < -0.39 is 0 Å². The Balaban J connectivity index is 0.00000364. The van der Waals surface area contributed by atoms with Crippen molar-refractivity contribution in [3.05, 3.63) is 39.9 Å². The summed E-state index contributed by atoms with van der Waals surface area (Å²) < 4.78 is 0. The van der Waals surface area contributed by atoms with Gasteiger partial charge >= 0.3 is 0 Å². The third kappa shape index (κ3) is 8.87. The lowest BCUT2D eigenvalue weighted by Crippen LogP contribution is -2.39. The van der Waals surface area contributed by atoms with E-state index in [9.17, 15) is 10.1 Å². The average Bonchev–Trinajstić information content (AvgIpc) is 2.65. The molecule has 1 saturated heterocycles. The molecule has 0 bridgehead atoms. The molecule has 0 aliphatic carbocycles. The Morgan fingerprint density at radius 1 is 1.26 bits per heavy atom. The van der Waals surface area contributed by atoms with E-state index in [1.165, 1.54) is 38.1 Å². The highest BCUT2D eigenvalue weighted by Crippen LogP contribution is 2.15. The highest BCUT2D eigenvalue weighted by Gasteiger charge is 2.14. The van der Waals surface area contributed by atoms with Crippen LogP contribution in [0.15, 0.2) is 29.3 Å². The van der Waals surface area contributed by atoms with Crippen LogP contribution in [0.3, 0.4) is 0 Å². The molecule has 1 heterocycles. The van der Waals surface area contributed by atoms with Crippen molar-refractivity contribution in [1.29, 1.82) is 0 Å². The number of likely N-dealkylation sites (tertiary alicyclic amines) is 1. The van der Waals surface area contributed by atoms with Crippen LogP contribution in [0.5, 0.6) is 0 Å². The Hall–Kier alpha value is -1.42. The van der Waals surface area contributed by atoms with E-state index in [0.717, 1.165) is 43.5 Å². The Morgan fingerprint density at radius 3 is 2.52 bits per heavy atom. The van der Waals surface area contributed by atoms with E-state index in [1.54, 1.807) is 12.1 Å². The molecule has 2 N–H and O–H groups in total. The summed E-state index contributed by atoms with van der Waals surface area (Å²) in [6.07, 6.45) is 3.72.